The third-order valence-electron chi connectivity index (χ3n) is 3.41. The number of nitrogens with zero attached hydrogens (tertiary/aromatic N) is 4. The number of thioether (sulfide) groups is 1. The molecule has 0 bridgehead atoms. The summed E-state index contributed by atoms with van der Waals surface area (Å²) in [6.07, 6.45) is 3.28. The molecule has 0 amide bonds. The quantitative estimate of drug-likeness (QED) is 0.535. The minimum atomic E-state index is -0.961. The normalized spacial score (nSPS) is 10.8. The van der Waals surface area contributed by atoms with Crippen LogP contribution in [0.25, 0.3) is 22.5 Å². The van der Waals surface area contributed by atoms with Gasteiger partial charge >= 0.3 is 11.9 Å². The number of hydrogen-bond donors (Lipinski definition) is 3. The second-order valence-corrected chi connectivity index (χ2v) is 6.53. The van der Waals surface area contributed by atoms with E-state index < -0.39 is 11.9 Å². The summed E-state index contributed by atoms with van der Waals surface area (Å²) in [4.78, 5) is 24.4. The van der Waals surface area contributed by atoms with Gasteiger partial charge in [-0.15, -0.1) is 10.2 Å². The van der Waals surface area contributed by atoms with E-state index in [4.69, 9.17) is 10.2 Å². The lowest BCUT2D eigenvalue weighted by atomic mass is 10.0. The predicted molar refractivity (Wildman–Crippen MR) is 93.8 cm³/mol. The molecule has 0 saturated carbocycles. The molecule has 0 aliphatic rings. The highest BCUT2D eigenvalue weighted by Crippen LogP contribution is 2.27. The minimum absolute atomic E-state index is 0.101. The van der Waals surface area contributed by atoms with Crippen LogP contribution in [0.1, 0.15) is 5.56 Å². The highest BCUT2D eigenvalue weighted by atomic mass is 32.2. The lowest BCUT2D eigenvalue weighted by Crippen LogP contribution is -2.08. The van der Waals surface area contributed by atoms with Gasteiger partial charge in [-0.25, -0.2) is 0 Å². The Hall–Kier alpha value is -3.14. The van der Waals surface area contributed by atoms with E-state index in [9.17, 15) is 9.59 Å². The number of H-pyrrole nitrogens is 1. The molecule has 3 rings (SSSR count). The molecule has 134 valence electrons. The van der Waals surface area contributed by atoms with Crippen molar-refractivity contribution in [2.75, 3.05) is 5.75 Å². The summed E-state index contributed by atoms with van der Waals surface area (Å²) in [6, 6.07) is 5.78. The summed E-state index contributed by atoms with van der Waals surface area (Å²) in [5, 5.41) is 30.1. The predicted octanol–water partition coefficient (Wildman–Crippen LogP) is 1.90. The van der Waals surface area contributed by atoms with E-state index in [2.05, 4.69) is 20.3 Å². The van der Waals surface area contributed by atoms with Gasteiger partial charge in [0, 0.05) is 17.3 Å². The van der Waals surface area contributed by atoms with Crippen molar-refractivity contribution >= 4 is 23.7 Å². The molecule has 0 fully saturated rings. The molecule has 3 N–H and O–H groups in total. The molecule has 0 spiro atoms. The maximum absolute atomic E-state index is 10.8. The third kappa shape index (κ3) is 4.28. The molecule has 10 heteroatoms. The lowest BCUT2D eigenvalue weighted by Gasteiger charge is -2.04. The van der Waals surface area contributed by atoms with E-state index in [1.54, 1.807) is 12.4 Å². The first-order valence-corrected chi connectivity index (χ1v) is 8.53. The van der Waals surface area contributed by atoms with E-state index in [0.717, 1.165) is 34.0 Å². The van der Waals surface area contributed by atoms with Gasteiger partial charge in [0.05, 0.1) is 11.9 Å². The SMILES string of the molecule is Cc1cc(-c2cnn(CC(=O)O)c2)cc(-c2nnc(SCC(=O)O)[nH]2)c1. The van der Waals surface area contributed by atoms with Crippen LogP contribution in [-0.4, -0.2) is 52.9 Å². The highest BCUT2D eigenvalue weighted by Gasteiger charge is 2.11. The number of aromatic amines is 1. The molecular formula is C16H15N5O4S. The van der Waals surface area contributed by atoms with E-state index in [-0.39, 0.29) is 12.3 Å². The summed E-state index contributed by atoms with van der Waals surface area (Å²) < 4.78 is 1.36. The van der Waals surface area contributed by atoms with Crippen molar-refractivity contribution < 1.29 is 19.8 Å². The van der Waals surface area contributed by atoms with E-state index >= 15 is 0 Å². The average molecular weight is 373 g/mol. The molecule has 2 aromatic heterocycles. The molecule has 2 heterocycles. The van der Waals surface area contributed by atoms with Crippen LogP contribution in [0, 0.1) is 6.92 Å². The summed E-state index contributed by atoms with van der Waals surface area (Å²) in [5.74, 6) is -1.46. The number of rotatable bonds is 7. The molecule has 3 aromatic rings. The van der Waals surface area contributed by atoms with Gasteiger partial charge in [-0.1, -0.05) is 17.8 Å². The van der Waals surface area contributed by atoms with E-state index in [1.807, 2.05) is 25.1 Å². The zero-order chi connectivity index (χ0) is 18.7. The van der Waals surface area contributed by atoms with Crippen LogP contribution < -0.4 is 0 Å². The van der Waals surface area contributed by atoms with Crippen LogP contribution in [-0.2, 0) is 16.1 Å². The molecular weight excluding hydrogens is 358 g/mol. The van der Waals surface area contributed by atoms with Gasteiger partial charge in [0.15, 0.2) is 11.0 Å². The maximum Gasteiger partial charge on any atom is 0.325 e. The van der Waals surface area contributed by atoms with Gasteiger partial charge in [0.2, 0.25) is 0 Å². The Morgan fingerprint density at radius 1 is 1.12 bits per heavy atom. The topological polar surface area (TPSA) is 134 Å². The third-order valence-corrected chi connectivity index (χ3v) is 4.26. The minimum Gasteiger partial charge on any atom is -0.481 e. The molecule has 26 heavy (non-hydrogen) atoms. The maximum atomic E-state index is 10.8. The van der Waals surface area contributed by atoms with Crippen LogP contribution in [0.4, 0.5) is 0 Å². The number of carboxylic acids is 2. The monoisotopic (exact) mass is 373 g/mol. The van der Waals surface area contributed by atoms with Crippen molar-refractivity contribution in [2.24, 2.45) is 0 Å². The second-order valence-electron chi connectivity index (χ2n) is 5.57. The summed E-state index contributed by atoms with van der Waals surface area (Å²) in [6.45, 7) is 1.73. The highest BCUT2D eigenvalue weighted by molar-refractivity contribution is 7.99. The van der Waals surface area contributed by atoms with Gasteiger partial charge < -0.3 is 15.2 Å². The Bertz CT molecular complexity index is 965. The Labute approximate surface area is 152 Å². The number of carbonyl (C=O) groups is 2. The summed E-state index contributed by atoms with van der Waals surface area (Å²) in [5.41, 5.74) is 3.43. The summed E-state index contributed by atoms with van der Waals surface area (Å²) in [7, 11) is 0. The van der Waals surface area contributed by atoms with Crippen LogP contribution in [0.2, 0.25) is 0 Å². The fourth-order valence-corrected chi connectivity index (χ4v) is 2.92. The number of aryl methyl sites for hydroxylation is 1. The first-order chi connectivity index (χ1) is 12.4. The molecule has 0 aliphatic carbocycles. The number of carboxylic acid groups (broad SMARTS) is 2. The number of nitrogens with one attached hydrogen (secondary N) is 1. The largest absolute Gasteiger partial charge is 0.481 e. The van der Waals surface area contributed by atoms with Crippen molar-refractivity contribution in [2.45, 2.75) is 18.6 Å². The standard InChI is InChI=1S/C16H15N5O4S/c1-9-2-10(12-5-17-21(6-12)7-13(22)23)4-11(3-9)15-18-16(20-19-15)26-8-14(24)25/h2-6H,7-8H2,1H3,(H,22,23)(H,24,25)(H,18,19,20). The smallest absolute Gasteiger partial charge is 0.325 e. The Morgan fingerprint density at radius 2 is 1.88 bits per heavy atom. The Balaban J connectivity index is 1.87. The van der Waals surface area contributed by atoms with Crippen LogP contribution in [0.15, 0.2) is 35.7 Å². The van der Waals surface area contributed by atoms with Crippen molar-refractivity contribution in [3.8, 4) is 22.5 Å². The molecule has 9 nitrogen and oxygen atoms in total. The van der Waals surface area contributed by atoms with Gasteiger partial charge in [0.25, 0.3) is 0 Å². The molecule has 0 saturated heterocycles. The second kappa shape index (κ2) is 7.40. The molecule has 0 aliphatic heterocycles. The van der Waals surface area contributed by atoms with Crippen LogP contribution >= 0.6 is 11.8 Å². The van der Waals surface area contributed by atoms with E-state index in [0.29, 0.717) is 11.0 Å². The number of hydrogen-bond acceptors (Lipinski definition) is 6. The first kappa shape index (κ1) is 17.7. The zero-order valence-electron chi connectivity index (χ0n) is 13.7. The number of benzene rings is 1. The van der Waals surface area contributed by atoms with Gasteiger partial charge in [-0.05, 0) is 30.2 Å². The number of aliphatic carboxylic acids is 2. The molecule has 0 atom stereocenters. The fourth-order valence-electron chi connectivity index (χ4n) is 2.40. The van der Waals surface area contributed by atoms with Crippen molar-refractivity contribution in [3.05, 3.63) is 36.2 Å². The average Bonchev–Trinajstić information content (AvgIpc) is 3.21. The van der Waals surface area contributed by atoms with Crippen molar-refractivity contribution in [1.82, 2.24) is 25.0 Å². The molecule has 0 radical (unpaired) electrons. The molecule has 1 aromatic carbocycles. The van der Waals surface area contributed by atoms with E-state index in [1.165, 1.54) is 4.68 Å². The zero-order valence-corrected chi connectivity index (χ0v) is 14.5. The van der Waals surface area contributed by atoms with Gasteiger partial charge in [-0.2, -0.15) is 5.10 Å². The van der Waals surface area contributed by atoms with Crippen LogP contribution in [0.3, 0.4) is 0 Å². The molecule has 0 unspecified atom stereocenters. The van der Waals surface area contributed by atoms with Gasteiger partial charge in [-0.3, -0.25) is 14.3 Å². The van der Waals surface area contributed by atoms with Crippen LogP contribution in [0.5, 0.6) is 0 Å². The lowest BCUT2D eigenvalue weighted by molar-refractivity contribution is -0.138. The first-order valence-electron chi connectivity index (χ1n) is 7.54. The fraction of sp³-hybridized carbons (Fsp3) is 0.188. The summed E-state index contributed by atoms with van der Waals surface area (Å²) >= 11 is 1.06. The number of aromatic nitrogens is 5. The Morgan fingerprint density at radius 3 is 2.62 bits per heavy atom. The van der Waals surface area contributed by atoms with Gasteiger partial charge in [0.1, 0.15) is 6.54 Å². The van der Waals surface area contributed by atoms with Crippen molar-refractivity contribution in [3.63, 3.8) is 0 Å². The van der Waals surface area contributed by atoms with Crippen molar-refractivity contribution in [1.29, 1.82) is 0 Å². The Kier molecular flexibility index (Phi) is 5.03.